The number of hydrogen-bond donors (Lipinski definition) is 1. The zero-order valence-electron chi connectivity index (χ0n) is 11.0. The van der Waals surface area contributed by atoms with Gasteiger partial charge in [-0.15, -0.1) is 0 Å². The van der Waals surface area contributed by atoms with Gasteiger partial charge in [0.2, 0.25) is 0 Å². The summed E-state index contributed by atoms with van der Waals surface area (Å²) in [6, 6.07) is 7.68. The zero-order valence-corrected chi connectivity index (χ0v) is 11.0. The molecule has 0 bridgehead atoms. The molecule has 1 aromatic carbocycles. The van der Waals surface area contributed by atoms with Crippen LogP contribution >= 0.6 is 0 Å². The Labute approximate surface area is 109 Å². The summed E-state index contributed by atoms with van der Waals surface area (Å²) < 4.78 is 10.8. The summed E-state index contributed by atoms with van der Waals surface area (Å²) in [5.74, 6) is 1.74. The van der Waals surface area contributed by atoms with Crippen molar-refractivity contribution in [1.82, 2.24) is 10.4 Å². The molecule has 1 aromatic rings. The number of rotatable bonds is 6. The minimum atomic E-state index is 0.683. The first-order valence-electron chi connectivity index (χ1n) is 6.64. The van der Waals surface area contributed by atoms with Gasteiger partial charge in [-0.25, -0.2) is 5.01 Å². The molecule has 0 spiro atoms. The third kappa shape index (κ3) is 4.20. The Morgan fingerprint density at radius 2 is 1.72 bits per heavy atom. The largest absolute Gasteiger partial charge is 0.497 e. The van der Waals surface area contributed by atoms with Crippen LogP contribution in [0.4, 0.5) is 0 Å². The van der Waals surface area contributed by atoms with E-state index in [0.29, 0.717) is 6.61 Å². The van der Waals surface area contributed by atoms with Crippen LogP contribution in [-0.2, 0) is 0 Å². The van der Waals surface area contributed by atoms with E-state index >= 15 is 0 Å². The first-order valence-corrected chi connectivity index (χ1v) is 6.64. The predicted octanol–water partition coefficient (Wildman–Crippen LogP) is 2.06. The van der Waals surface area contributed by atoms with Gasteiger partial charge in [0.15, 0.2) is 0 Å². The van der Waals surface area contributed by atoms with E-state index in [9.17, 15) is 0 Å². The molecule has 1 fully saturated rings. The first kappa shape index (κ1) is 13.2. The minimum Gasteiger partial charge on any atom is -0.497 e. The van der Waals surface area contributed by atoms with Gasteiger partial charge in [-0.3, -0.25) is 5.43 Å². The molecule has 100 valence electrons. The topological polar surface area (TPSA) is 33.7 Å². The van der Waals surface area contributed by atoms with Crippen LogP contribution in [0.1, 0.15) is 19.3 Å². The van der Waals surface area contributed by atoms with Gasteiger partial charge in [-0.05, 0) is 37.1 Å². The van der Waals surface area contributed by atoms with E-state index in [1.165, 1.54) is 19.3 Å². The number of nitrogens with one attached hydrogen (secondary N) is 1. The van der Waals surface area contributed by atoms with Crippen LogP contribution in [-0.4, -0.2) is 38.4 Å². The fourth-order valence-electron chi connectivity index (χ4n) is 2.10. The molecule has 1 heterocycles. The van der Waals surface area contributed by atoms with E-state index in [2.05, 4.69) is 10.4 Å². The number of piperidine rings is 1. The van der Waals surface area contributed by atoms with Crippen molar-refractivity contribution in [3.63, 3.8) is 0 Å². The molecular formula is C14H22N2O2. The van der Waals surface area contributed by atoms with Crippen LogP contribution in [0.5, 0.6) is 11.5 Å². The highest BCUT2D eigenvalue weighted by Crippen LogP contribution is 2.16. The van der Waals surface area contributed by atoms with Gasteiger partial charge in [-0.2, -0.15) is 0 Å². The van der Waals surface area contributed by atoms with Crippen molar-refractivity contribution < 1.29 is 9.47 Å². The van der Waals surface area contributed by atoms with Crippen molar-refractivity contribution in [3.8, 4) is 11.5 Å². The molecule has 0 radical (unpaired) electrons. The van der Waals surface area contributed by atoms with E-state index in [0.717, 1.165) is 31.1 Å². The molecule has 0 amide bonds. The lowest BCUT2D eigenvalue weighted by Gasteiger charge is -2.27. The molecule has 0 saturated carbocycles. The zero-order chi connectivity index (χ0) is 12.6. The molecule has 18 heavy (non-hydrogen) atoms. The molecule has 1 aliphatic heterocycles. The summed E-state index contributed by atoms with van der Waals surface area (Å²) in [6.45, 7) is 3.85. The third-order valence-corrected chi connectivity index (χ3v) is 3.12. The maximum Gasteiger partial charge on any atom is 0.119 e. The highest BCUT2D eigenvalue weighted by Gasteiger charge is 2.08. The van der Waals surface area contributed by atoms with Gasteiger partial charge >= 0.3 is 0 Å². The van der Waals surface area contributed by atoms with Crippen LogP contribution in [0.15, 0.2) is 24.3 Å². The number of ether oxygens (including phenoxy) is 2. The molecule has 0 aliphatic carbocycles. The van der Waals surface area contributed by atoms with Gasteiger partial charge in [0.25, 0.3) is 0 Å². The van der Waals surface area contributed by atoms with Gasteiger partial charge in [-0.1, -0.05) is 6.42 Å². The molecule has 1 saturated heterocycles. The SMILES string of the molecule is COc1ccc(OCCNN2CCCCC2)cc1. The van der Waals surface area contributed by atoms with Crippen molar-refractivity contribution in [1.29, 1.82) is 0 Å². The molecule has 0 atom stereocenters. The van der Waals surface area contributed by atoms with Crippen LogP contribution in [0.2, 0.25) is 0 Å². The van der Waals surface area contributed by atoms with Gasteiger partial charge in [0, 0.05) is 19.6 Å². The number of nitrogens with zero attached hydrogens (tertiary/aromatic N) is 1. The lowest BCUT2D eigenvalue weighted by atomic mass is 10.2. The maximum absolute atomic E-state index is 5.65. The first-order chi connectivity index (χ1) is 8.88. The third-order valence-electron chi connectivity index (χ3n) is 3.12. The van der Waals surface area contributed by atoms with Crippen molar-refractivity contribution >= 4 is 0 Å². The predicted molar refractivity (Wildman–Crippen MR) is 71.9 cm³/mol. The molecule has 2 rings (SSSR count). The fraction of sp³-hybridized carbons (Fsp3) is 0.571. The second-order valence-corrected chi connectivity index (χ2v) is 4.48. The van der Waals surface area contributed by atoms with Crippen molar-refractivity contribution in [2.75, 3.05) is 33.4 Å². The number of hydrogen-bond acceptors (Lipinski definition) is 4. The average molecular weight is 250 g/mol. The number of benzene rings is 1. The second-order valence-electron chi connectivity index (χ2n) is 4.48. The van der Waals surface area contributed by atoms with E-state index in [4.69, 9.17) is 9.47 Å². The average Bonchev–Trinajstić information content (AvgIpc) is 2.45. The summed E-state index contributed by atoms with van der Waals surface area (Å²) in [7, 11) is 1.67. The van der Waals surface area contributed by atoms with E-state index in [-0.39, 0.29) is 0 Å². The minimum absolute atomic E-state index is 0.683. The highest BCUT2D eigenvalue weighted by molar-refractivity contribution is 5.31. The Bertz CT molecular complexity index is 334. The van der Waals surface area contributed by atoms with Crippen molar-refractivity contribution in [3.05, 3.63) is 24.3 Å². The Morgan fingerprint density at radius 1 is 1.06 bits per heavy atom. The van der Waals surface area contributed by atoms with Crippen LogP contribution in [0, 0.1) is 0 Å². The molecule has 0 unspecified atom stereocenters. The number of hydrazine groups is 1. The van der Waals surface area contributed by atoms with Gasteiger partial charge < -0.3 is 9.47 Å². The Morgan fingerprint density at radius 3 is 2.39 bits per heavy atom. The summed E-state index contributed by atoms with van der Waals surface area (Å²) in [5.41, 5.74) is 3.40. The second kappa shape index (κ2) is 7.24. The van der Waals surface area contributed by atoms with Gasteiger partial charge in [0.1, 0.15) is 18.1 Å². The molecule has 1 N–H and O–H groups in total. The monoisotopic (exact) mass is 250 g/mol. The quantitative estimate of drug-likeness (QED) is 0.784. The van der Waals surface area contributed by atoms with Crippen molar-refractivity contribution in [2.24, 2.45) is 0 Å². The lowest BCUT2D eigenvalue weighted by Crippen LogP contribution is -2.43. The summed E-state index contributed by atoms with van der Waals surface area (Å²) >= 11 is 0. The summed E-state index contributed by atoms with van der Waals surface area (Å²) in [5, 5.41) is 2.29. The van der Waals surface area contributed by atoms with Crippen LogP contribution in [0.3, 0.4) is 0 Å². The Balaban J connectivity index is 1.62. The highest BCUT2D eigenvalue weighted by atomic mass is 16.5. The van der Waals surface area contributed by atoms with Crippen LogP contribution in [0.25, 0.3) is 0 Å². The lowest BCUT2D eigenvalue weighted by molar-refractivity contribution is 0.141. The fourth-order valence-corrected chi connectivity index (χ4v) is 2.10. The molecule has 1 aliphatic rings. The van der Waals surface area contributed by atoms with Crippen LogP contribution < -0.4 is 14.9 Å². The molecule has 4 heteroatoms. The Hall–Kier alpha value is -1.26. The van der Waals surface area contributed by atoms with E-state index < -0.39 is 0 Å². The standard InChI is InChI=1S/C14H22N2O2/c1-17-13-5-7-14(8-6-13)18-12-9-15-16-10-3-2-4-11-16/h5-8,15H,2-4,9-12H2,1H3. The smallest absolute Gasteiger partial charge is 0.119 e. The maximum atomic E-state index is 5.65. The molecule has 0 aromatic heterocycles. The Kier molecular flexibility index (Phi) is 5.30. The molecular weight excluding hydrogens is 228 g/mol. The van der Waals surface area contributed by atoms with E-state index in [1.807, 2.05) is 24.3 Å². The summed E-state index contributed by atoms with van der Waals surface area (Å²) in [4.78, 5) is 0. The van der Waals surface area contributed by atoms with E-state index in [1.54, 1.807) is 7.11 Å². The normalized spacial score (nSPS) is 16.5. The molecule has 4 nitrogen and oxygen atoms in total. The summed E-state index contributed by atoms with van der Waals surface area (Å²) in [6.07, 6.45) is 3.96. The van der Waals surface area contributed by atoms with Crippen molar-refractivity contribution in [2.45, 2.75) is 19.3 Å². The van der Waals surface area contributed by atoms with Gasteiger partial charge in [0.05, 0.1) is 7.11 Å². The number of methoxy groups -OCH3 is 1.